The zero-order valence-corrected chi connectivity index (χ0v) is 17.5. The number of carbonyl (C=O) groups is 3. The number of esters is 1. The van der Waals surface area contributed by atoms with E-state index in [2.05, 4.69) is 9.97 Å². The van der Waals surface area contributed by atoms with E-state index in [0.29, 0.717) is 28.1 Å². The fourth-order valence-corrected chi connectivity index (χ4v) is 4.01. The number of ether oxygens (including phenoxy) is 1. The maximum Gasteiger partial charge on any atom is 0.355 e. The second-order valence-corrected chi connectivity index (χ2v) is 7.47. The number of benzene rings is 2. The molecule has 156 valence electrons. The van der Waals surface area contributed by atoms with Crippen LogP contribution < -0.4 is 0 Å². The molecule has 6 nitrogen and oxygen atoms in total. The SMILES string of the molecule is CC(=O)c1c(C)[nH]c(C(=O)OCC(=O)c2c(-c3ccccc3)[nH]c3ccccc23)c1C. The van der Waals surface area contributed by atoms with Crippen LogP contribution in [0.25, 0.3) is 22.2 Å². The molecular formula is C25H22N2O4. The van der Waals surface area contributed by atoms with Crippen LogP contribution in [0.3, 0.4) is 0 Å². The van der Waals surface area contributed by atoms with Crippen LogP contribution in [0.5, 0.6) is 0 Å². The largest absolute Gasteiger partial charge is 0.453 e. The molecule has 31 heavy (non-hydrogen) atoms. The van der Waals surface area contributed by atoms with Crippen molar-refractivity contribution in [2.24, 2.45) is 0 Å². The number of ketones is 2. The van der Waals surface area contributed by atoms with Gasteiger partial charge in [-0.1, -0.05) is 48.5 Å². The van der Waals surface area contributed by atoms with Gasteiger partial charge in [-0.2, -0.15) is 0 Å². The van der Waals surface area contributed by atoms with Crippen LogP contribution in [0.1, 0.15) is 49.4 Å². The number of aryl methyl sites for hydroxylation is 1. The number of carbonyl (C=O) groups excluding carboxylic acids is 3. The molecule has 0 radical (unpaired) electrons. The van der Waals surface area contributed by atoms with Gasteiger partial charge >= 0.3 is 5.97 Å². The second kappa shape index (κ2) is 8.07. The summed E-state index contributed by atoms with van der Waals surface area (Å²) >= 11 is 0. The molecule has 2 aromatic carbocycles. The van der Waals surface area contributed by atoms with Crippen molar-refractivity contribution in [3.63, 3.8) is 0 Å². The Labute approximate surface area is 179 Å². The van der Waals surface area contributed by atoms with E-state index in [0.717, 1.165) is 16.5 Å². The number of hydrogen-bond acceptors (Lipinski definition) is 4. The van der Waals surface area contributed by atoms with Crippen LogP contribution >= 0.6 is 0 Å². The van der Waals surface area contributed by atoms with Gasteiger partial charge in [0.2, 0.25) is 5.78 Å². The number of aromatic nitrogens is 2. The van der Waals surface area contributed by atoms with Crippen LogP contribution in [-0.2, 0) is 4.74 Å². The number of para-hydroxylation sites is 1. The van der Waals surface area contributed by atoms with Gasteiger partial charge in [0.05, 0.1) is 11.3 Å². The molecular weight excluding hydrogens is 392 g/mol. The third-order valence-electron chi connectivity index (χ3n) is 5.38. The van der Waals surface area contributed by atoms with Crippen molar-refractivity contribution >= 4 is 28.4 Å². The Morgan fingerprint density at radius 3 is 2.23 bits per heavy atom. The fourth-order valence-electron chi connectivity index (χ4n) is 4.01. The van der Waals surface area contributed by atoms with Gasteiger partial charge in [0, 0.05) is 22.2 Å². The Bertz CT molecular complexity index is 1310. The van der Waals surface area contributed by atoms with Crippen LogP contribution in [-0.4, -0.2) is 34.1 Å². The van der Waals surface area contributed by atoms with E-state index in [1.807, 2.05) is 54.6 Å². The summed E-state index contributed by atoms with van der Waals surface area (Å²) < 4.78 is 5.34. The first-order chi connectivity index (χ1) is 14.9. The monoisotopic (exact) mass is 414 g/mol. The van der Waals surface area contributed by atoms with Gasteiger partial charge in [0.25, 0.3) is 0 Å². The summed E-state index contributed by atoms with van der Waals surface area (Å²) in [4.78, 5) is 43.8. The summed E-state index contributed by atoms with van der Waals surface area (Å²) in [5, 5.41) is 0.771. The van der Waals surface area contributed by atoms with Crippen molar-refractivity contribution in [3.05, 3.63) is 82.7 Å². The zero-order chi connectivity index (χ0) is 22.1. The molecule has 2 heterocycles. The van der Waals surface area contributed by atoms with E-state index in [1.165, 1.54) is 6.92 Å². The highest BCUT2D eigenvalue weighted by Gasteiger charge is 2.24. The predicted molar refractivity (Wildman–Crippen MR) is 119 cm³/mol. The summed E-state index contributed by atoms with van der Waals surface area (Å²) in [5.41, 5.74) is 4.67. The molecule has 0 aliphatic heterocycles. The number of fused-ring (bicyclic) bond motifs is 1. The molecule has 6 heteroatoms. The molecule has 0 unspecified atom stereocenters. The molecule has 0 spiro atoms. The first-order valence-electron chi connectivity index (χ1n) is 9.95. The van der Waals surface area contributed by atoms with Crippen LogP contribution in [0.2, 0.25) is 0 Å². The van der Waals surface area contributed by atoms with Crippen LogP contribution in [0.4, 0.5) is 0 Å². The molecule has 0 bridgehead atoms. The Kier molecular flexibility index (Phi) is 5.29. The first kappa shape index (κ1) is 20.3. The van der Waals surface area contributed by atoms with Crippen molar-refractivity contribution in [1.29, 1.82) is 0 Å². The fraction of sp³-hybridized carbons (Fsp3) is 0.160. The van der Waals surface area contributed by atoms with Gasteiger partial charge in [-0.25, -0.2) is 4.79 Å². The topological polar surface area (TPSA) is 92.0 Å². The molecule has 4 rings (SSSR count). The second-order valence-electron chi connectivity index (χ2n) is 7.47. The Hall–Kier alpha value is -3.93. The molecule has 0 atom stereocenters. The maximum absolute atomic E-state index is 13.2. The standard InChI is InChI=1S/C25H22N2O4/c1-14-21(16(3)28)15(2)26-23(14)25(30)31-13-20(29)22-18-11-7-8-12-19(18)27-24(22)17-9-5-4-6-10-17/h4-12,26-27H,13H2,1-3H3. The average molecular weight is 414 g/mol. The molecule has 0 aliphatic carbocycles. The predicted octanol–water partition coefficient (Wildman–Crippen LogP) is 5.02. The summed E-state index contributed by atoms with van der Waals surface area (Å²) in [7, 11) is 0. The maximum atomic E-state index is 13.2. The molecule has 2 N–H and O–H groups in total. The lowest BCUT2D eigenvalue weighted by atomic mass is 10.0. The van der Waals surface area contributed by atoms with E-state index in [-0.39, 0.29) is 17.3 Å². The molecule has 0 saturated heterocycles. The van der Waals surface area contributed by atoms with E-state index >= 15 is 0 Å². The van der Waals surface area contributed by atoms with Crippen molar-refractivity contribution < 1.29 is 19.1 Å². The molecule has 0 amide bonds. The summed E-state index contributed by atoms with van der Waals surface area (Å²) in [5.74, 6) is -1.10. The molecule has 0 saturated carbocycles. The van der Waals surface area contributed by atoms with E-state index in [9.17, 15) is 14.4 Å². The van der Waals surface area contributed by atoms with Gasteiger partial charge in [-0.3, -0.25) is 9.59 Å². The van der Waals surface area contributed by atoms with Crippen LogP contribution in [0.15, 0.2) is 54.6 Å². The first-order valence-corrected chi connectivity index (χ1v) is 9.95. The number of Topliss-reactive ketones (excluding diaryl/α,β-unsaturated/α-hetero) is 2. The normalized spacial score (nSPS) is 10.9. The highest BCUT2D eigenvalue weighted by molar-refractivity contribution is 6.14. The van der Waals surface area contributed by atoms with Crippen molar-refractivity contribution in [2.75, 3.05) is 6.61 Å². The molecule has 4 aromatic rings. The number of rotatable bonds is 6. The Morgan fingerprint density at radius 2 is 1.55 bits per heavy atom. The van der Waals surface area contributed by atoms with Gasteiger partial charge in [-0.05, 0) is 38.0 Å². The van der Waals surface area contributed by atoms with E-state index in [4.69, 9.17) is 4.74 Å². The third-order valence-corrected chi connectivity index (χ3v) is 5.38. The van der Waals surface area contributed by atoms with Gasteiger partial charge in [-0.15, -0.1) is 0 Å². The third kappa shape index (κ3) is 3.68. The molecule has 2 aromatic heterocycles. The van der Waals surface area contributed by atoms with E-state index in [1.54, 1.807) is 13.8 Å². The summed E-state index contributed by atoms with van der Waals surface area (Å²) in [6, 6.07) is 17.1. The Balaban J connectivity index is 1.63. The van der Waals surface area contributed by atoms with Crippen molar-refractivity contribution in [2.45, 2.75) is 20.8 Å². The highest BCUT2D eigenvalue weighted by atomic mass is 16.5. The highest BCUT2D eigenvalue weighted by Crippen LogP contribution is 2.31. The zero-order valence-electron chi connectivity index (χ0n) is 17.5. The average Bonchev–Trinajstić information content (AvgIpc) is 3.29. The summed E-state index contributed by atoms with van der Waals surface area (Å²) in [6.07, 6.45) is 0. The van der Waals surface area contributed by atoms with Gasteiger partial charge in [0.1, 0.15) is 5.69 Å². The smallest absolute Gasteiger partial charge is 0.355 e. The molecule has 0 aliphatic rings. The number of aromatic amines is 2. The van der Waals surface area contributed by atoms with Gasteiger partial charge < -0.3 is 14.7 Å². The number of hydrogen-bond donors (Lipinski definition) is 2. The summed E-state index contributed by atoms with van der Waals surface area (Å²) in [6.45, 7) is 4.45. The molecule has 0 fully saturated rings. The lowest BCUT2D eigenvalue weighted by Gasteiger charge is -2.07. The minimum Gasteiger partial charge on any atom is -0.453 e. The van der Waals surface area contributed by atoms with Crippen molar-refractivity contribution in [3.8, 4) is 11.3 Å². The number of H-pyrrole nitrogens is 2. The lowest BCUT2D eigenvalue weighted by Crippen LogP contribution is -2.16. The van der Waals surface area contributed by atoms with Crippen molar-refractivity contribution in [1.82, 2.24) is 9.97 Å². The lowest BCUT2D eigenvalue weighted by molar-refractivity contribution is 0.0469. The van der Waals surface area contributed by atoms with Crippen LogP contribution in [0, 0.1) is 13.8 Å². The minimum absolute atomic E-state index is 0.132. The Morgan fingerprint density at radius 1 is 0.871 bits per heavy atom. The quantitative estimate of drug-likeness (QED) is 0.342. The number of nitrogens with one attached hydrogen (secondary N) is 2. The van der Waals surface area contributed by atoms with Gasteiger partial charge in [0.15, 0.2) is 12.4 Å². The van der Waals surface area contributed by atoms with E-state index < -0.39 is 12.6 Å². The minimum atomic E-state index is -0.664.